The lowest BCUT2D eigenvalue weighted by Gasteiger charge is -2.27. The Bertz CT molecular complexity index is 799. The largest absolute Gasteiger partial charge is 0.478 e. The van der Waals surface area contributed by atoms with E-state index in [4.69, 9.17) is 5.11 Å². The predicted octanol–water partition coefficient (Wildman–Crippen LogP) is 1.53. The third kappa shape index (κ3) is 2.13. The first-order valence-electron chi connectivity index (χ1n) is 6.31. The number of aromatic nitrogens is 2. The van der Waals surface area contributed by atoms with Gasteiger partial charge in [-0.25, -0.2) is 4.79 Å². The Labute approximate surface area is 114 Å². The molecular weight excluding hydrogens is 260 g/mol. The van der Waals surface area contributed by atoms with Crippen LogP contribution in [0.1, 0.15) is 37.6 Å². The minimum absolute atomic E-state index is 0.0626. The molecule has 0 aliphatic carbocycles. The zero-order chi connectivity index (χ0) is 15.1. The molecule has 1 aromatic heterocycles. The molecule has 0 aliphatic heterocycles. The molecule has 0 radical (unpaired) electrons. The van der Waals surface area contributed by atoms with Gasteiger partial charge in [0, 0.05) is 5.54 Å². The Hall–Kier alpha value is -2.37. The molecule has 2 aromatic rings. The summed E-state index contributed by atoms with van der Waals surface area (Å²) in [5.74, 6) is -1.08. The molecular formula is C14H16N2O4. The topological polar surface area (TPSA) is 92.2 Å². The van der Waals surface area contributed by atoms with Crippen molar-refractivity contribution >= 4 is 17.0 Å². The van der Waals surface area contributed by atoms with E-state index >= 15 is 0 Å². The van der Waals surface area contributed by atoms with E-state index in [1.807, 2.05) is 20.8 Å². The summed E-state index contributed by atoms with van der Waals surface area (Å²) in [4.78, 5) is 37.3. The summed E-state index contributed by atoms with van der Waals surface area (Å²) in [5.41, 5.74) is -0.988. The number of rotatable bonds is 3. The van der Waals surface area contributed by atoms with Crippen LogP contribution in [0.15, 0.2) is 27.8 Å². The van der Waals surface area contributed by atoms with Gasteiger partial charge in [-0.2, -0.15) is 0 Å². The molecule has 106 valence electrons. The van der Waals surface area contributed by atoms with E-state index in [-0.39, 0.29) is 5.56 Å². The van der Waals surface area contributed by atoms with Gasteiger partial charge in [0.1, 0.15) is 0 Å². The molecule has 2 N–H and O–H groups in total. The average molecular weight is 276 g/mol. The van der Waals surface area contributed by atoms with Gasteiger partial charge in [-0.05, 0) is 38.5 Å². The van der Waals surface area contributed by atoms with Crippen LogP contribution in [0.3, 0.4) is 0 Å². The zero-order valence-corrected chi connectivity index (χ0v) is 11.6. The van der Waals surface area contributed by atoms with E-state index in [0.29, 0.717) is 17.5 Å². The van der Waals surface area contributed by atoms with Crippen molar-refractivity contribution in [2.45, 2.75) is 32.7 Å². The fourth-order valence-corrected chi connectivity index (χ4v) is 2.11. The fraction of sp³-hybridized carbons (Fsp3) is 0.357. The molecule has 0 bridgehead atoms. The highest BCUT2D eigenvalue weighted by Crippen LogP contribution is 2.22. The van der Waals surface area contributed by atoms with E-state index < -0.39 is 22.6 Å². The summed E-state index contributed by atoms with van der Waals surface area (Å²) in [6, 6.07) is 4.33. The molecule has 0 saturated heterocycles. The molecule has 2 rings (SSSR count). The summed E-state index contributed by atoms with van der Waals surface area (Å²) in [7, 11) is 0. The van der Waals surface area contributed by atoms with Crippen LogP contribution in [0.5, 0.6) is 0 Å². The summed E-state index contributed by atoms with van der Waals surface area (Å²) in [5, 5.41) is 8.98. The van der Waals surface area contributed by atoms with Crippen LogP contribution in [0, 0.1) is 0 Å². The first kappa shape index (κ1) is 14.0. The Morgan fingerprint density at radius 2 is 2.00 bits per heavy atom. The number of carboxylic acid groups (broad SMARTS) is 1. The lowest BCUT2D eigenvalue weighted by molar-refractivity contribution is 0.0697. The summed E-state index contributed by atoms with van der Waals surface area (Å²) < 4.78 is 1.42. The molecule has 0 atom stereocenters. The fourth-order valence-electron chi connectivity index (χ4n) is 2.11. The maximum atomic E-state index is 12.1. The monoisotopic (exact) mass is 276 g/mol. The first-order chi connectivity index (χ1) is 9.27. The van der Waals surface area contributed by atoms with Crippen molar-refractivity contribution in [2.75, 3.05) is 0 Å². The molecule has 0 spiro atoms. The van der Waals surface area contributed by atoms with Crippen LogP contribution in [-0.2, 0) is 5.54 Å². The SMILES string of the molecule is CCC(C)(C)n1c(=O)c(=O)[nH]c2cc(C(=O)O)ccc21. The minimum atomic E-state index is -1.08. The number of hydrogen-bond acceptors (Lipinski definition) is 3. The second-order valence-corrected chi connectivity index (χ2v) is 5.30. The molecule has 1 aromatic carbocycles. The zero-order valence-electron chi connectivity index (χ0n) is 11.6. The lowest BCUT2D eigenvalue weighted by atomic mass is 10.0. The molecule has 0 amide bonds. The molecule has 0 saturated carbocycles. The Kier molecular flexibility index (Phi) is 3.25. The maximum Gasteiger partial charge on any atom is 0.335 e. The van der Waals surface area contributed by atoms with Gasteiger partial charge < -0.3 is 10.1 Å². The quantitative estimate of drug-likeness (QED) is 0.831. The number of carbonyl (C=O) groups is 1. The van der Waals surface area contributed by atoms with Crippen molar-refractivity contribution in [2.24, 2.45) is 0 Å². The molecule has 0 unspecified atom stereocenters. The Morgan fingerprint density at radius 1 is 1.35 bits per heavy atom. The van der Waals surface area contributed by atoms with Crippen molar-refractivity contribution in [3.63, 3.8) is 0 Å². The summed E-state index contributed by atoms with van der Waals surface area (Å²) in [6.07, 6.45) is 0.659. The third-order valence-corrected chi connectivity index (χ3v) is 3.60. The predicted molar refractivity (Wildman–Crippen MR) is 75.4 cm³/mol. The third-order valence-electron chi connectivity index (χ3n) is 3.60. The smallest absolute Gasteiger partial charge is 0.335 e. The van der Waals surface area contributed by atoms with Crippen LogP contribution >= 0.6 is 0 Å². The number of carboxylic acids is 1. The van der Waals surface area contributed by atoms with E-state index in [9.17, 15) is 14.4 Å². The summed E-state index contributed by atoms with van der Waals surface area (Å²) >= 11 is 0. The molecule has 20 heavy (non-hydrogen) atoms. The van der Waals surface area contributed by atoms with Crippen molar-refractivity contribution < 1.29 is 9.90 Å². The molecule has 0 aliphatic rings. The van der Waals surface area contributed by atoms with Crippen LogP contribution in [0.4, 0.5) is 0 Å². The highest BCUT2D eigenvalue weighted by atomic mass is 16.4. The Morgan fingerprint density at radius 3 is 2.55 bits per heavy atom. The minimum Gasteiger partial charge on any atom is -0.478 e. The highest BCUT2D eigenvalue weighted by Gasteiger charge is 2.23. The van der Waals surface area contributed by atoms with Gasteiger partial charge in [0.25, 0.3) is 0 Å². The normalized spacial score (nSPS) is 11.8. The van der Waals surface area contributed by atoms with Gasteiger partial charge in [-0.3, -0.25) is 14.2 Å². The maximum absolute atomic E-state index is 12.1. The number of fused-ring (bicyclic) bond motifs is 1. The first-order valence-corrected chi connectivity index (χ1v) is 6.31. The summed E-state index contributed by atoms with van der Waals surface area (Å²) in [6.45, 7) is 5.64. The van der Waals surface area contributed by atoms with E-state index in [1.165, 1.54) is 16.7 Å². The highest BCUT2D eigenvalue weighted by molar-refractivity contribution is 5.92. The van der Waals surface area contributed by atoms with Crippen LogP contribution < -0.4 is 11.1 Å². The molecule has 1 heterocycles. The Balaban J connectivity index is 2.93. The van der Waals surface area contributed by atoms with Crippen molar-refractivity contribution in [1.82, 2.24) is 9.55 Å². The number of benzene rings is 1. The van der Waals surface area contributed by atoms with Crippen molar-refractivity contribution in [3.8, 4) is 0 Å². The van der Waals surface area contributed by atoms with Gasteiger partial charge in [-0.15, -0.1) is 0 Å². The molecule has 6 nitrogen and oxygen atoms in total. The van der Waals surface area contributed by atoms with Gasteiger partial charge in [-0.1, -0.05) is 6.92 Å². The number of aromatic amines is 1. The molecule has 6 heteroatoms. The van der Waals surface area contributed by atoms with Gasteiger partial charge in [0.15, 0.2) is 0 Å². The number of nitrogens with zero attached hydrogens (tertiary/aromatic N) is 1. The van der Waals surface area contributed by atoms with E-state index in [1.54, 1.807) is 6.07 Å². The van der Waals surface area contributed by atoms with Gasteiger partial charge >= 0.3 is 17.1 Å². The lowest BCUT2D eigenvalue weighted by Crippen LogP contribution is -2.44. The number of H-pyrrole nitrogens is 1. The van der Waals surface area contributed by atoms with Gasteiger partial charge in [0.05, 0.1) is 16.6 Å². The number of nitrogens with one attached hydrogen (secondary N) is 1. The number of aromatic carboxylic acids is 1. The second kappa shape index (κ2) is 4.63. The average Bonchev–Trinajstić information content (AvgIpc) is 2.39. The van der Waals surface area contributed by atoms with Gasteiger partial charge in [0.2, 0.25) is 0 Å². The number of hydrogen-bond donors (Lipinski definition) is 2. The van der Waals surface area contributed by atoms with E-state index in [2.05, 4.69) is 4.98 Å². The standard InChI is InChI=1S/C14H16N2O4/c1-4-14(2,3)16-10-6-5-8(13(19)20)7-9(10)15-11(17)12(16)18/h5-7H,4H2,1-3H3,(H,15,17)(H,19,20). The second-order valence-electron chi connectivity index (χ2n) is 5.30. The van der Waals surface area contributed by atoms with Crippen LogP contribution in [0.25, 0.3) is 11.0 Å². The molecule has 0 fully saturated rings. The van der Waals surface area contributed by atoms with Crippen LogP contribution in [0.2, 0.25) is 0 Å². The van der Waals surface area contributed by atoms with Crippen molar-refractivity contribution in [1.29, 1.82) is 0 Å². The van der Waals surface area contributed by atoms with Crippen LogP contribution in [-0.4, -0.2) is 20.6 Å². The van der Waals surface area contributed by atoms with E-state index in [0.717, 1.165) is 0 Å². The van der Waals surface area contributed by atoms with Crippen molar-refractivity contribution in [3.05, 3.63) is 44.5 Å².